The topological polar surface area (TPSA) is 28.4 Å². The molecule has 1 atom stereocenters. The van der Waals surface area contributed by atoms with Gasteiger partial charge in [0.1, 0.15) is 5.76 Å². The normalized spacial score (nSPS) is 21.1. The lowest BCUT2D eigenvalue weighted by Gasteiger charge is -2.33. The smallest absolute Gasteiger partial charge is 0.117 e. The van der Waals surface area contributed by atoms with E-state index in [2.05, 4.69) is 24.2 Å². The van der Waals surface area contributed by atoms with Crippen LogP contribution >= 0.6 is 0 Å². The molecule has 0 bridgehead atoms. The van der Waals surface area contributed by atoms with Crippen molar-refractivity contribution in [2.24, 2.45) is 5.92 Å². The monoisotopic (exact) mass is 222 g/mol. The van der Waals surface area contributed by atoms with Gasteiger partial charge in [-0.25, -0.2) is 0 Å². The van der Waals surface area contributed by atoms with Gasteiger partial charge in [-0.05, 0) is 58.0 Å². The second kappa shape index (κ2) is 5.51. The highest BCUT2D eigenvalue weighted by atomic mass is 16.3. The molecule has 3 heteroatoms. The molecular weight excluding hydrogens is 200 g/mol. The van der Waals surface area contributed by atoms with E-state index in [1.165, 1.54) is 25.9 Å². The predicted octanol–water partition coefficient (Wildman–Crippen LogP) is 2.10. The van der Waals surface area contributed by atoms with Gasteiger partial charge in [-0.15, -0.1) is 0 Å². The molecular formula is C13H22N2O. The number of nitrogens with zero attached hydrogens (tertiary/aromatic N) is 1. The molecule has 1 saturated heterocycles. The van der Waals surface area contributed by atoms with Crippen LogP contribution in [0.1, 0.15) is 25.5 Å². The van der Waals surface area contributed by atoms with Crippen molar-refractivity contribution in [2.75, 3.05) is 20.1 Å². The third-order valence-corrected chi connectivity index (χ3v) is 3.65. The number of likely N-dealkylation sites (tertiary alicyclic amines) is 1. The lowest BCUT2D eigenvalue weighted by molar-refractivity contribution is 0.188. The predicted molar refractivity (Wildman–Crippen MR) is 65.2 cm³/mol. The van der Waals surface area contributed by atoms with Crippen molar-refractivity contribution in [3.8, 4) is 0 Å². The molecule has 1 N–H and O–H groups in total. The summed E-state index contributed by atoms with van der Waals surface area (Å²) in [7, 11) is 2.21. The Bertz CT molecular complexity index is 289. The van der Waals surface area contributed by atoms with Crippen molar-refractivity contribution in [1.29, 1.82) is 0 Å². The summed E-state index contributed by atoms with van der Waals surface area (Å²) in [5.74, 6) is 1.84. The van der Waals surface area contributed by atoms with Gasteiger partial charge in [-0.2, -0.15) is 0 Å². The fourth-order valence-corrected chi connectivity index (χ4v) is 2.37. The Morgan fingerprint density at radius 1 is 1.50 bits per heavy atom. The Kier molecular flexibility index (Phi) is 4.02. The van der Waals surface area contributed by atoms with E-state index in [0.717, 1.165) is 18.2 Å². The Labute approximate surface area is 97.8 Å². The Hall–Kier alpha value is -0.800. The second-order valence-electron chi connectivity index (χ2n) is 4.89. The Balaban J connectivity index is 1.73. The molecule has 2 rings (SSSR count). The number of rotatable bonds is 4. The minimum atomic E-state index is 0.582. The molecule has 90 valence electrons. The first kappa shape index (κ1) is 11.7. The highest BCUT2D eigenvalue weighted by molar-refractivity contribution is 4.97. The van der Waals surface area contributed by atoms with E-state index >= 15 is 0 Å². The Morgan fingerprint density at radius 2 is 2.25 bits per heavy atom. The molecule has 1 fully saturated rings. The maximum absolute atomic E-state index is 5.32. The molecule has 1 aliphatic rings. The molecule has 0 aromatic carbocycles. The zero-order valence-electron chi connectivity index (χ0n) is 10.3. The first-order valence-electron chi connectivity index (χ1n) is 6.20. The molecule has 0 radical (unpaired) electrons. The van der Waals surface area contributed by atoms with Crippen LogP contribution < -0.4 is 5.32 Å². The lowest BCUT2D eigenvalue weighted by Crippen LogP contribution is -2.40. The van der Waals surface area contributed by atoms with E-state index in [0.29, 0.717) is 6.04 Å². The van der Waals surface area contributed by atoms with Crippen LogP contribution in [0.5, 0.6) is 0 Å². The van der Waals surface area contributed by atoms with Gasteiger partial charge >= 0.3 is 0 Å². The van der Waals surface area contributed by atoms with Crippen LogP contribution in [-0.4, -0.2) is 31.1 Å². The maximum atomic E-state index is 5.32. The first-order chi connectivity index (χ1) is 7.75. The van der Waals surface area contributed by atoms with Crippen molar-refractivity contribution in [3.05, 3.63) is 24.2 Å². The van der Waals surface area contributed by atoms with Crippen LogP contribution in [-0.2, 0) is 6.54 Å². The van der Waals surface area contributed by atoms with Gasteiger partial charge in [0.2, 0.25) is 0 Å². The van der Waals surface area contributed by atoms with E-state index in [-0.39, 0.29) is 0 Å². The van der Waals surface area contributed by atoms with Crippen LogP contribution in [0.25, 0.3) is 0 Å². The summed E-state index contributed by atoms with van der Waals surface area (Å²) in [5, 5.41) is 3.56. The number of furan rings is 1. The summed E-state index contributed by atoms with van der Waals surface area (Å²) >= 11 is 0. The molecule has 0 amide bonds. The molecule has 16 heavy (non-hydrogen) atoms. The van der Waals surface area contributed by atoms with Crippen LogP contribution in [0.2, 0.25) is 0 Å². The van der Waals surface area contributed by atoms with Gasteiger partial charge in [0.15, 0.2) is 0 Å². The number of piperidine rings is 1. The largest absolute Gasteiger partial charge is 0.468 e. The van der Waals surface area contributed by atoms with Crippen molar-refractivity contribution in [3.63, 3.8) is 0 Å². The third-order valence-electron chi connectivity index (χ3n) is 3.65. The standard InChI is InChI=1S/C13H22N2O/c1-11(12-5-7-15(2)8-6-12)14-10-13-4-3-9-16-13/h3-4,9,11-12,14H,5-8,10H2,1-2H3. The van der Waals surface area contributed by atoms with E-state index in [1.54, 1.807) is 6.26 Å². The van der Waals surface area contributed by atoms with E-state index in [4.69, 9.17) is 4.42 Å². The van der Waals surface area contributed by atoms with Gasteiger partial charge in [0, 0.05) is 6.04 Å². The second-order valence-corrected chi connectivity index (χ2v) is 4.89. The fourth-order valence-electron chi connectivity index (χ4n) is 2.37. The number of hydrogen-bond donors (Lipinski definition) is 1. The summed E-state index contributed by atoms with van der Waals surface area (Å²) in [6.07, 6.45) is 4.35. The van der Waals surface area contributed by atoms with Crippen molar-refractivity contribution in [2.45, 2.75) is 32.4 Å². The summed E-state index contributed by atoms with van der Waals surface area (Å²) in [5.41, 5.74) is 0. The van der Waals surface area contributed by atoms with E-state index < -0.39 is 0 Å². The molecule has 1 aliphatic heterocycles. The lowest BCUT2D eigenvalue weighted by atomic mass is 9.90. The third kappa shape index (κ3) is 3.09. The summed E-state index contributed by atoms with van der Waals surface area (Å²) in [4.78, 5) is 2.41. The van der Waals surface area contributed by atoms with Gasteiger partial charge in [-0.1, -0.05) is 0 Å². The fraction of sp³-hybridized carbons (Fsp3) is 0.692. The van der Waals surface area contributed by atoms with E-state index in [1.807, 2.05) is 12.1 Å². The highest BCUT2D eigenvalue weighted by Gasteiger charge is 2.21. The molecule has 0 aliphatic carbocycles. The van der Waals surface area contributed by atoms with E-state index in [9.17, 15) is 0 Å². The summed E-state index contributed by atoms with van der Waals surface area (Å²) < 4.78 is 5.32. The molecule has 3 nitrogen and oxygen atoms in total. The molecule has 1 aromatic rings. The van der Waals surface area contributed by atoms with Gasteiger partial charge in [-0.3, -0.25) is 0 Å². The quantitative estimate of drug-likeness (QED) is 0.845. The molecule has 2 heterocycles. The number of nitrogens with one attached hydrogen (secondary N) is 1. The molecule has 0 saturated carbocycles. The summed E-state index contributed by atoms with van der Waals surface area (Å²) in [6, 6.07) is 4.55. The van der Waals surface area contributed by atoms with Gasteiger partial charge in [0.05, 0.1) is 12.8 Å². The minimum absolute atomic E-state index is 0.582. The van der Waals surface area contributed by atoms with Crippen LogP contribution in [0.15, 0.2) is 22.8 Å². The number of hydrogen-bond acceptors (Lipinski definition) is 3. The van der Waals surface area contributed by atoms with Crippen molar-refractivity contribution in [1.82, 2.24) is 10.2 Å². The molecule has 1 aromatic heterocycles. The average molecular weight is 222 g/mol. The zero-order valence-corrected chi connectivity index (χ0v) is 10.3. The minimum Gasteiger partial charge on any atom is -0.468 e. The van der Waals surface area contributed by atoms with Crippen LogP contribution in [0.3, 0.4) is 0 Å². The average Bonchev–Trinajstić information content (AvgIpc) is 2.80. The summed E-state index contributed by atoms with van der Waals surface area (Å²) in [6.45, 7) is 5.61. The highest BCUT2D eigenvalue weighted by Crippen LogP contribution is 2.19. The molecule has 1 unspecified atom stereocenters. The van der Waals surface area contributed by atoms with Crippen LogP contribution in [0.4, 0.5) is 0 Å². The van der Waals surface area contributed by atoms with Gasteiger partial charge in [0.25, 0.3) is 0 Å². The van der Waals surface area contributed by atoms with Gasteiger partial charge < -0.3 is 14.6 Å². The maximum Gasteiger partial charge on any atom is 0.117 e. The Morgan fingerprint density at radius 3 is 2.88 bits per heavy atom. The SMILES string of the molecule is CC(NCc1ccco1)C1CCN(C)CC1. The van der Waals surface area contributed by atoms with Crippen molar-refractivity contribution >= 4 is 0 Å². The van der Waals surface area contributed by atoms with Crippen molar-refractivity contribution < 1.29 is 4.42 Å². The molecule has 0 spiro atoms. The van der Waals surface area contributed by atoms with Crippen LogP contribution in [0, 0.1) is 5.92 Å². The zero-order chi connectivity index (χ0) is 11.4. The first-order valence-corrected chi connectivity index (χ1v) is 6.20.